The minimum absolute atomic E-state index is 0.231. The first-order valence-corrected chi connectivity index (χ1v) is 10.8. The van der Waals surface area contributed by atoms with Crippen molar-refractivity contribution < 1.29 is 13.0 Å². The fraction of sp³-hybridized carbons (Fsp3) is 0.0417. The molecule has 144 valence electrons. The molecule has 0 saturated heterocycles. The number of aromatic nitrogens is 1. The van der Waals surface area contributed by atoms with Gasteiger partial charge in [-0.05, 0) is 43.3 Å². The molecule has 0 unspecified atom stereocenters. The molecule has 0 amide bonds. The van der Waals surface area contributed by atoms with E-state index in [1.165, 1.54) is 0 Å². The van der Waals surface area contributed by atoms with Crippen molar-refractivity contribution in [3.63, 3.8) is 0 Å². The topological polar surface area (TPSA) is 50.1 Å². The summed E-state index contributed by atoms with van der Waals surface area (Å²) in [4.78, 5) is 0.231. The standard InChI is InChI=1S/C24H21N2O2S/c1-19-13-15-22(16-14-19)29(27,28)25-18-24(21-8-3-2-4-9-21)26-17-7-11-20-10-5-6-12-23(20)26/h2-18,25H,1H3/q+1/b24-18-. The number of sulfonamides is 1. The molecule has 1 aromatic heterocycles. The Kier molecular flexibility index (Phi) is 5.14. The summed E-state index contributed by atoms with van der Waals surface area (Å²) in [5.41, 5.74) is 3.63. The molecule has 3 aromatic carbocycles. The molecule has 29 heavy (non-hydrogen) atoms. The zero-order valence-corrected chi connectivity index (χ0v) is 16.8. The van der Waals surface area contributed by atoms with Gasteiger partial charge in [0.2, 0.25) is 11.2 Å². The fourth-order valence-corrected chi connectivity index (χ4v) is 4.09. The molecule has 4 nitrogen and oxygen atoms in total. The number of nitrogens with zero attached hydrogens (tertiary/aromatic N) is 1. The Hall–Kier alpha value is -3.44. The van der Waals surface area contributed by atoms with Gasteiger partial charge in [0, 0.05) is 23.1 Å². The molecular formula is C24H21N2O2S+. The van der Waals surface area contributed by atoms with Crippen molar-refractivity contribution in [3.05, 3.63) is 115 Å². The van der Waals surface area contributed by atoms with Gasteiger partial charge >= 0.3 is 0 Å². The van der Waals surface area contributed by atoms with Crippen LogP contribution in [-0.4, -0.2) is 8.42 Å². The first kappa shape index (κ1) is 18.9. The molecule has 0 aliphatic heterocycles. The zero-order chi connectivity index (χ0) is 20.3. The minimum Gasteiger partial charge on any atom is -0.280 e. The Labute approximate surface area is 170 Å². The first-order chi connectivity index (χ1) is 14.0. The molecule has 1 N–H and O–H groups in total. The van der Waals surface area contributed by atoms with Gasteiger partial charge in [-0.2, -0.15) is 4.57 Å². The Bertz CT molecular complexity index is 1270. The van der Waals surface area contributed by atoms with Crippen molar-refractivity contribution >= 4 is 26.6 Å². The van der Waals surface area contributed by atoms with Gasteiger partial charge < -0.3 is 0 Å². The Morgan fingerprint density at radius 3 is 2.24 bits per heavy atom. The Morgan fingerprint density at radius 2 is 1.48 bits per heavy atom. The highest BCUT2D eigenvalue weighted by molar-refractivity contribution is 7.89. The number of nitrogens with one attached hydrogen (secondary N) is 1. The summed E-state index contributed by atoms with van der Waals surface area (Å²) in [6.07, 6.45) is 3.48. The molecule has 0 atom stereocenters. The van der Waals surface area contributed by atoms with E-state index >= 15 is 0 Å². The van der Waals surface area contributed by atoms with E-state index in [-0.39, 0.29) is 4.90 Å². The number of pyridine rings is 1. The van der Waals surface area contributed by atoms with Crippen molar-refractivity contribution in [2.45, 2.75) is 11.8 Å². The van der Waals surface area contributed by atoms with Gasteiger partial charge in [0.05, 0.1) is 11.1 Å². The molecule has 4 rings (SSSR count). The Morgan fingerprint density at radius 1 is 0.828 bits per heavy atom. The van der Waals surface area contributed by atoms with Crippen LogP contribution in [0.2, 0.25) is 0 Å². The van der Waals surface area contributed by atoms with Crippen LogP contribution < -0.4 is 9.29 Å². The maximum Gasteiger partial charge on any atom is 0.261 e. The number of rotatable bonds is 5. The number of benzene rings is 3. The van der Waals surface area contributed by atoms with Crippen molar-refractivity contribution in [1.29, 1.82) is 0 Å². The van der Waals surface area contributed by atoms with Gasteiger partial charge in [-0.15, -0.1) is 0 Å². The number of hydrogen-bond acceptors (Lipinski definition) is 2. The van der Waals surface area contributed by atoms with E-state index in [0.717, 1.165) is 27.7 Å². The quantitative estimate of drug-likeness (QED) is 0.508. The molecule has 4 aromatic rings. The van der Waals surface area contributed by atoms with E-state index in [1.807, 2.05) is 84.4 Å². The van der Waals surface area contributed by atoms with E-state index < -0.39 is 10.0 Å². The highest BCUT2D eigenvalue weighted by atomic mass is 32.2. The van der Waals surface area contributed by atoms with E-state index in [9.17, 15) is 8.42 Å². The van der Waals surface area contributed by atoms with Gasteiger partial charge in [0.15, 0.2) is 6.20 Å². The highest BCUT2D eigenvalue weighted by Gasteiger charge is 2.19. The van der Waals surface area contributed by atoms with Crippen LogP contribution in [-0.2, 0) is 10.0 Å². The van der Waals surface area contributed by atoms with Crippen LogP contribution in [0.1, 0.15) is 11.1 Å². The zero-order valence-electron chi connectivity index (χ0n) is 16.0. The molecule has 0 saturated carbocycles. The molecular weight excluding hydrogens is 380 g/mol. The molecule has 0 fully saturated rings. The van der Waals surface area contributed by atoms with Crippen LogP contribution in [0.4, 0.5) is 0 Å². The third-order valence-corrected chi connectivity index (χ3v) is 6.04. The van der Waals surface area contributed by atoms with Gasteiger partial charge in [0.1, 0.15) is 0 Å². The van der Waals surface area contributed by atoms with E-state index in [2.05, 4.69) is 4.72 Å². The molecule has 0 aliphatic carbocycles. The SMILES string of the molecule is Cc1ccc(S(=O)(=O)N/C=C(/c2ccccc2)[n+]2cccc3ccccc32)cc1. The van der Waals surface area contributed by atoms with E-state index in [0.29, 0.717) is 0 Å². The van der Waals surface area contributed by atoms with E-state index in [1.54, 1.807) is 30.5 Å². The van der Waals surface area contributed by atoms with Gasteiger partial charge in [-0.1, -0.05) is 48.0 Å². The van der Waals surface area contributed by atoms with Crippen LogP contribution in [0, 0.1) is 6.92 Å². The predicted molar refractivity (Wildman–Crippen MR) is 115 cm³/mol. The first-order valence-electron chi connectivity index (χ1n) is 9.29. The maximum absolute atomic E-state index is 12.8. The van der Waals surface area contributed by atoms with Crippen LogP contribution in [0.3, 0.4) is 0 Å². The van der Waals surface area contributed by atoms with Crippen LogP contribution in [0.15, 0.2) is 108 Å². The summed E-state index contributed by atoms with van der Waals surface area (Å²) in [5.74, 6) is 0. The largest absolute Gasteiger partial charge is 0.280 e. The second-order valence-electron chi connectivity index (χ2n) is 6.77. The maximum atomic E-state index is 12.8. The third kappa shape index (κ3) is 4.05. The molecule has 5 heteroatoms. The lowest BCUT2D eigenvalue weighted by atomic mass is 10.1. The average Bonchev–Trinajstić information content (AvgIpc) is 2.75. The monoisotopic (exact) mass is 401 g/mol. The van der Waals surface area contributed by atoms with Gasteiger partial charge in [-0.3, -0.25) is 4.72 Å². The summed E-state index contributed by atoms with van der Waals surface area (Å²) < 4.78 is 30.3. The number of hydrogen-bond donors (Lipinski definition) is 1. The summed E-state index contributed by atoms with van der Waals surface area (Å²) >= 11 is 0. The number of fused-ring (bicyclic) bond motifs is 1. The minimum atomic E-state index is -3.68. The second-order valence-corrected chi connectivity index (χ2v) is 8.48. The van der Waals surface area contributed by atoms with Crippen molar-refractivity contribution in [2.75, 3.05) is 0 Å². The summed E-state index contributed by atoms with van der Waals surface area (Å²) in [6, 6.07) is 28.5. The molecule has 0 aliphatic rings. The third-order valence-electron chi connectivity index (χ3n) is 4.72. The highest BCUT2D eigenvalue weighted by Crippen LogP contribution is 2.16. The van der Waals surface area contributed by atoms with E-state index in [4.69, 9.17) is 0 Å². The number of aryl methyl sites for hydroxylation is 1. The van der Waals surface area contributed by atoms with Crippen LogP contribution >= 0.6 is 0 Å². The summed E-state index contributed by atoms with van der Waals surface area (Å²) in [6.45, 7) is 1.92. The lowest BCUT2D eigenvalue weighted by molar-refractivity contribution is -0.550. The Balaban J connectivity index is 1.82. The normalized spacial score (nSPS) is 12.1. The fourth-order valence-electron chi connectivity index (χ4n) is 3.19. The smallest absolute Gasteiger partial charge is 0.261 e. The predicted octanol–water partition coefficient (Wildman–Crippen LogP) is 4.26. The lowest BCUT2D eigenvalue weighted by Gasteiger charge is -2.08. The van der Waals surface area contributed by atoms with Crippen molar-refractivity contribution in [3.8, 4) is 0 Å². The van der Waals surface area contributed by atoms with Gasteiger partial charge in [0.25, 0.3) is 10.0 Å². The molecule has 0 spiro atoms. The summed E-state index contributed by atoms with van der Waals surface area (Å²) in [5, 5.41) is 1.07. The molecule has 0 bridgehead atoms. The van der Waals surface area contributed by atoms with Crippen LogP contribution in [0.25, 0.3) is 16.6 Å². The van der Waals surface area contributed by atoms with Crippen molar-refractivity contribution in [1.82, 2.24) is 4.72 Å². The molecule has 0 radical (unpaired) electrons. The number of para-hydroxylation sites is 1. The molecule has 1 heterocycles. The second kappa shape index (κ2) is 7.89. The lowest BCUT2D eigenvalue weighted by Crippen LogP contribution is -2.35. The summed E-state index contributed by atoms with van der Waals surface area (Å²) in [7, 11) is -3.68. The average molecular weight is 402 g/mol. The van der Waals surface area contributed by atoms with Crippen molar-refractivity contribution in [2.24, 2.45) is 0 Å². The van der Waals surface area contributed by atoms with Crippen LogP contribution in [0.5, 0.6) is 0 Å². The van der Waals surface area contributed by atoms with Gasteiger partial charge in [-0.25, -0.2) is 8.42 Å².